The van der Waals surface area contributed by atoms with Crippen molar-refractivity contribution in [1.29, 1.82) is 0 Å². The van der Waals surface area contributed by atoms with Gasteiger partial charge in [-0.25, -0.2) is 0 Å². The maximum Gasteiger partial charge on any atom is 0.307 e. The van der Waals surface area contributed by atoms with Crippen molar-refractivity contribution in [2.75, 3.05) is 4.90 Å². The number of aliphatic carboxylic acids is 1. The molecule has 0 aliphatic carbocycles. The number of hydrogen-bond donors (Lipinski definition) is 1. The number of halogens is 1. The highest BCUT2D eigenvalue weighted by atomic mass is 35.5. The molecule has 2 aromatic carbocycles. The van der Waals surface area contributed by atoms with E-state index in [9.17, 15) is 9.59 Å². The van der Waals surface area contributed by atoms with Crippen LogP contribution >= 0.6 is 35.6 Å². The molecule has 1 amide bonds. The molecule has 25 heavy (non-hydrogen) atoms. The van der Waals surface area contributed by atoms with Gasteiger partial charge in [-0.15, -0.1) is 0 Å². The minimum absolute atomic E-state index is 0.0604. The van der Waals surface area contributed by atoms with E-state index >= 15 is 0 Å². The van der Waals surface area contributed by atoms with E-state index in [1.807, 2.05) is 12.1 Å². The van der Waals surface area contributed by atoms with Crippen molar-refractivity contribution in [1.82, 2.24) is 0 Å². The Bertz CT molecular complexity index is 876. The molecule has 0 aromatic heterocycles. The normalized spacial score (nSPS) is 15.9. The van der Waals surface area contributed by atoms with E-state index in [1.165, 1.54) is 16.7 Å². The van der Waals surface area contributed by atoms with E-state index in [-0.39, 0.29) is 12.3 Å². The van der Waals surface area contributed by atoms with Crippen LogP contribution in [0.15, 0.2) is 53.4 Å². The Kier molecular flexibility index (Phi) is 5.22. The maximum atomic E-state index is 12.7. The molecule has 0 bridgehead atoms. The monoisotopic (exact) mass is 389 g/mol. The fourth-order valence-corrected chi connectivity index (χ4v) is 3.76. The molecule has 126 valence electrons. The van der Waals surface area contributed by atoms with Crippen LogP contribution in [0.25, 0.3) is 6.08 Å². The van der Waals surface area contributed by atoms with Gasteiger partial charge >= 0.3 is 5.97 Å². The molecule has 1 saturated heterocycles. The summed E-state index contributed by atoms with van der Waals surface area (Å²) in [4.78, 5) is 25.4. The van der Waals surface area contributed by atoms with Crippen molar-refractivity contribution < 1.29 is 14.7 Å². The van der Waals surface area contributed by atoms with Crippen molar-refractivity contribution in [2.45, 2.75) is 6.42 Å². The average molecular weight is 390 g/mol. The predicted octanol–water partition coefficient (Wildman–Crippen LogP) is 4.37. The topological polar surface area (TPSA) is 57.6 Å². The first-order valence-corrected chi connectivity index (χ1v) is 8.88. The van der Waals surface area contributed by atoms with Gasteiger partial charge < -0.3 is 5.11 Å². The zero-order chi connectivity index (χ0) is 18.0. The number of amides is 1. The fraction of sp³-hybridized carbons (Fsp3) is 0.0556. The van der Waals surface area contributed by atoms with E-state index in [0.29, 0.717) is 25.5 Å². The summed E-state index contributed by atoms with van der Waals surface area (Å²) in [7, 11) is 0. The molecule has 0 spiro atoms. The lowest BCUT2D eigenvalue weighted by Crippen LogP contribution is -2.27. The van der Waals surface area contributed by atoms with Crippen molar-refractivity contribution >= 4 is 63.5 Å². The third kappa shape index (κ3) is 4.10. The lowest BCUT2D eigenvalue weighted by atomic mass is 10.1. The number of nitrogens with zero attached hydrogens (tertiary/aromatic N) is 1. The van der Waals surface area contributed by atoms with Gasteiger partial charge in [0.2, 0.25) is 0 Å². The van der Waals surface area contributed by atoms with Gasteiger partial charge in [-0.1, -0.05) is 59.8 Å². The number of benzene rings is 2. The summed E-state index contributed by atoms with van der Waals surface area (Å²) in [6, 6.07) is 14.0. The molecule has 0 saturated carbocycles. The average Bonchev–Trinajstić information content (AvgIpc) is 2.84. The van der Waals surface area contributed by atoms with Crippen LogP contribution in [-0.4, -0.2) is 21.3 Å². The number of anilines is 1. The first-order chi connectivity index (χ1) is 11.9. The lowest BCUT2D eigenvalue weighted by Gasteiger charge is -2.14. The van der Waals surface area contributed by atoms with E-state index < -0.39 is 5.97 Å². The molecule has 1 aliphatic heterocycles. The van der Waals surface area contributed by atoms with Crippen LogP contribution in [0.2, 0.25) is 5.02 Å². The second kappa shape index (κ2) is 7.39. The minimum Gasteiger partial charge on any atom is -0.481 e. The van der Waals surface area contributed by atoms with Crippen molar-refractivity contribution in [3.05, 3.63) is 69.6 Å². The zero-order valence-corrected chi connectivity index (χ0v) is 15.2. The lowest BCUT2D eigenvalue weighted by molar-refractivity contribution is -0.136. The smallest absolute Gasteiger partial charge is 0.307 e. The molecule has 0 atom stereocenters. The molecule has 1 aliphatic rings. The Labute approximate surface area is 159 Å². The Morgan fingerprint density at radius 1 is 1.16 bits per heavy atom. The van der Waals surface area contributed by atoms with Crippen LogP contribution in [0.3, 0.4) is 0 Å². The van der Waals surface area contributed by atoms with E-state index in [2.05, 4.69) is 0 Å². The molecule has 1 heterocycles. The minimum atomic E-state index is -0.899. The summed E-state index contributed by atoms with van der Waals surface area (Å²) in [5.41, 5.74) is 2.15. The molecular weight excluding hydrogens is 378 g/mol. The molecule has 2 aromatic rings. The van der Waals surface area contributed by atoms with Gasteiger partial charge in [0.25, 0.3) is 5.91 Å². The second-order valence-electron chi connectivity index (χ2n) is 5.31. The van der Waals surface area contributed by atoms with Gasteiger partial charge in [0.15, 0.2) is 4.32 Å². The predicted molar refractivity (Wildman–Crippen MR) is 105 cm³/mol. The molecular formula is C18H12ClNO3S2. The molecule has 1 fully saturated rings. The Balaban J connectivity index is 1.83. The number of carbonyl (C=O) groups excluding carboxylic acids is 1. The second-order valence-corrected chi connectivity index (χ2v) is 7.42. The van der Waals surface area contributed by atoms with Crippen LogP contribution in [0.4, 0.5) is 5.69 Å². The highest BCUT2D eigenvalue weighted by Gasteiger charge is 2.33. The SMILES string of the molecule is O=C(O)Cc1ccc(N2C(=O)/C(=C/c3ccc(Cl)cc3)SC2=S)cc1. The summed E-state index contributed by atoms with van der Waals surface area (Å²) in [6.45, 7) is 0. The first kappa shape index (κ1) is 17.7. The van der Waals surface area contributed by atoms with Gasteiger partial charge in [-0.2, -0.15) is 0 Å². The molecule has 0 unspecified atom stereocenters. The Morgan fingerprint density at radius 3 is 2.40 bits per heavy atom. The summed E-state index contributed by atoms with van der Waals surface area (Å²) in [5.74, 6) is -1.10. The van der Waals surface area contributed by atoms with Crippen molar-refractivity contribution in [3.8, 4) is 0 Å². The van der Waals surface area contributed by atoms with Crippen LogP contribution < -0.4 is 4.90 Å². The van der Waals surface area contributed by atoms with Crippen LogP contribution in [0.5, 0.6) is 0 Å². The summed E-state index contributed by atoms with van der Waals surface area (Å²) in [6.07, 6.45) is 1.71. The van der Waals surface area contributed by atoms with Crippen molar-refractivity contribution in [2.24, 2.45) is 0 Å². The molecule has 4 nitrogen and oxygen atoms in total. The van der Waals surface area contributed by atoms with E-state index in [1.54, 1.807) is 42.5 Å². The standard InChI is InChI=1S/C18H12ClNO3S2/c19-13-5-1-11(2-6-13)9-15-17(23)20(18(24)25-15)14-7-3-12(4-8-14)10-16(21)22/h1-9H,10H2,(H,21,22)/b15-9-. The summed E-state index contributed by atoms with van der Waals surface area (Å²) >= 11 is 12.4. The quantitative estimate of drug-likeness (QED) is 0.621. The maximum absolute atomic E-state index is 12.7. The summed E-state index contributed by atoms with van der Waals surface area (Å²) in [5, 5.41) is 9.45. The fourth-order valence-electron chi connectivity index (χ4n) is 2.34. The molecule has 7 heteroatoms. The molecule has 1 N–H and O–H groups in total. The summed E-state index contributed by atoms with van der Waals surface area (Å²) < 4.78 is 0.441. The van der Waals surface area contributed by atoms with Gasteiger partial charge in [0.05, 0.1) is 17.0 Å². The van der Waals surface area contributed by atoms with Gasteiger partial charge in [-0.05, 0) is 41.5 Å². The highest BCUT2D eigenvalue weighted by Crippen LogP contribution is 2.36. The van der Waals surface area contributed by atoms with Crippen LogP contribution in [-0.2, 0) is 16.0 Å². The number of thioether (sulfide) groups is 1. The van der Waals surface area contributed by atoms with Gasteiger partial charge in [-0.3, -0.25) is 14.5 Å². The Morgan fingerprint density at radius 2 is 1.80 bits per heavy atom. The number of thiocarbonyl (C=S) groups is 1. The third-order valence-corrected chi connectivity index (χ3v) is 5.07. The van der Waals surface area contributed by atoms with Crippen LogP contribution in [0, 0.1) is 0 Å². The molecule has 0 radical (unpaired) electrons. The van der Waals surface area contributed by atoms with Crippen LogP contribution in [0.1, 0.15) is 11.1 Å². The van der Waals surface area contributed by atoms with E-state index in [4.69, 9.17) is 28.9 Å². The first-order valence-electron chi connectivity index (χ1n) is 7.28. The largest absolute Gasteiger partial charge is 0.481 e. The number of carboxylic acid groups (broad SMARTS) is 1. The molecule has 3 rings (SSSR count). The van der Waals surface area contributed by atoms with Gasteiger partial charge in [0.1, 0.15) is 0 Å². The Hall–Kier alpha value is -2.15. The van der Waals surface area contributed by atoms with Gasteiger partial charge in [0, 0.05) is 5.02 Å². The number of hydrogen-bond acceptors (Lipinski definition) is 4. The number of carboxylic acids is 1. The number of rotatable bonds is 4. The van der Waals surface area contributed by atoms with Crippen molar-refractivity contribution in [3.63, 3.8) is 0 Å². The van der Waals surface area contributed by atoms with E-state index in [0.717, 1.165) is 5.56 Å². The zero-order valence-electron chi connectivity index (χ0n) is 12.8. The highest BCUT2D eigenvalue weighted by molar-refractivity contribution is 8.27. The third-order valence-electron chi connectivity index (χ3n) is 3.51. The number of carbonyl (C=O) groups is 2.